The summed E-state index contributed by atoms with van der Waals surface area (Å²) >= 11 is 0. The monoisotopic (exact) mass is 382 g/mol. The first-order valence-electron chi connectivity index (χ1n) is 11.4. The fraction of sp³-hybridized carbons (Fsp3) is 0.913. The van der Waals surface area contributed by atoms with Crippen LogP contribution < -0.4 is 0 Å². The van der Waals surface area contributed by atoms with Gasteiger partial charge in [0.2, 0.25) is 0 Å². The summed E-state index contributed by atoms with van der Waals surface area (Å²) in [5.74, 6) is 0.577. The Labute approximate surface area is 165 Å². The highest BCUT2D eigenvalue weighted by atomic mass is 16.3. The van der Waals surface area contributed by atoms with E-state index in [0.717, 1.165) is 70.6 Å². The maximum Gasteiger partial charge on any atom is 0.0710 e. The highest BCUT2D eigenvalue weighted by molar-refractivity contribution is 5.06. The van der Waals surface area contributed by atoms with Crippen molar-refractivity contribution in [1.82, 2.24) is 0 Å². The van der Waals surface area contributed by atoms with Crippen LogP contribution in [-0.2, 0) is 0 Å². The number of hydrogen-bond donors (Lipinski definition) is 4. The molecule has 2 rings (SSSR count). The van der Waals surface area contributed by atoms with Crippen LogP contribution in [0.1, 0.15) is 90.4 Å². The molecule has 0 radical (unpaired) electrons. The zero-order chi connectivity index (χ0) is 19.7. The fourth-order valence-corrected chi connectivity index (χ4v) is 4.80. The average Bonchev–Trinajstić information content (AvgIpc) is 3.46. The largest absolute Gasteiger partial charge is 0.396 e. The Bertz CT molecular complexity index is 434. The molecule has 0 aromatic rings. The van der Waals surface area contributed by atoms with Crippen molar-refractivity contribution in [2.24, 2.45) is 17.8 Å². The summed E-state index contributed by atoms with van der Waals surface area (Å²) in [6.07, 6.45) is 15.9. The van der Waals surface area contributed by atoms with Crippen LogP contribution in [-0.4, -0.2) is 44.8 Å². The van der Waals surface area contributed by atoms with E-state index >= 15 is 0 Å². The van der Waals surface area contributed by atoms with E-state index < -0.39 is 17.8 Å². The maximum atomic E-state index is 11.0. The predicted octanol–water partition coefficient (Wildman–Crippen LogP) is 3.95. The molecule has 2 aliphatic rings. The first-order chi connectivity index (χ1) is 13.0. The fourth-order valence-electron chi connectivity index (χ4n) is 4.80. The molecule has 0 spiro atoms. The van der Waals surface area contributed by atoms with Crippen LogP contribution in [0.5, 0.6) is 0 Å². The molecule has 2 saturated carbocycles. The third-order valence-corrected chi connectivity index (χ3v) is 6.74. The molecule has 4 heteroatoms. The summed E-state index contributed by atoms with van der Waals surface area (Å²) in [5, 5.41) is 40.6. The van der Waals surface area contributed by atoms with Gasteiger partial charge in [0.1, 0.15) is 0 Å². The number of rotatable bonds is 14. The third kappa shape index (κ3) is 7.16. The molecule has 4 nitrogen and oxygen atoms in total. The minimum absolute atomic E-state index is 0.00655. The van der Waals surface area contributed by atoms with Crippen LogP contribution >= 0.6 is 0 Å². The van der Waals surface area contributed by atoms with Crippen LogP contribution in [0.3, 0.4) is 0 Å². The molecule has 27 heavy (non-hydrogen) atoms. The Hall–Kier alpha value is -0.420. The van der Waals surface area contributed by atoms with E-state index in [1.165, 1.54) is 0 Å². The van der Waals surface area contributed by atoms with Gasteiger partial charge in [-0.05, 0) is 50.4 Å². The van der Waals surface area contributed by atoms with Crippen molar-refractivity contribution in [3.8, 4) is 0 Å². The van der Waals surface area contributed by atoms with Gasteiger partial charge in [0.15, 0.2) is 0 Å². The third-order valence-electron chi connectivity index (χ3n) is 6.74. The second kappa shape index (κ2) is 11.5. The summed E-state index contributed by atoms with van der Waals surface area (Å²) in [6, 6.07) is 0. The molecule has 0 bridgehead atoms. The van der Waals surface area contributed by atoms with Crippen LogP contribution in [0.4, 0.5) is 0 Å². The molecule has 0 aromatic heterocycles. The van der Waals surface area contributed by atoms with Gasteiger partial charge in [-0.25, -0.2) is 0 Å². The molecule has 2 aliphatic carbocycles. The number of hydrogen-bond acceptors (Lipinski definition) is 4. The Morgan fingerprint density at radius 1 is 0.963 bits per heavy atom. The quantitative estimate of drug-likeness (QED) is 0.271. The lowest BCUT2D eigenvalue weighted by molar-refractivity contribution is 0.00950. The summed E-state index contributed by atoms with van der Waals surface area (Å²) in [6.45, 7) is 2.43. The summed E-state index contributed by atoms with van der Waals surface area (Å²) in [4.78, 5) is 0. The summed E-state index contributed by atoms with van der Waals surface area (Å²) < 4.78 is 0. The molecule has 0 amide bonds. The van der Waals surface area contributed by atoms with Gasteiger partial charge in [0.25, 0.3) is 0 Å². The smallest absolute Gasteiger partial charge is 0.0710 e. The van der Waals surface area contributed by atoms with Crippen molar-refractivity contribution in [3.63, 3.8) is 0 Å². The van der Waals surface area contributed by atoms with E-state index in [0.29, 0.717) is 18.8 Å². The van der Waals surface area contributed by atoms with Gasteiger partial charge >= 0.3 is 0 Å². The molecule has 0 heterocycles. The first kappa shape index (κ1) is 22.9. The van der Waals surface area contributed by atoms with E-state index in [-0.39, 0.29) is 18.4 Å². The molecule has 1 unspecified atom stereocenters. The van der Waals surface area contributed by atoms with Crippen LogP contribution in [0.25, 0.3) is 0 Å². The lowest BCUT2D eigenvalue weighted by Crippen LogP contribution is -2.30. The van der Waals surface area contributed by atoms with Crippen LogP contribution in [0.2, 0.25) is 0 Å². The highest BCUT2D eigenvalue weighted by Gasteiger charge is 2.43. The van der Waals surface area contributed by atoms with E-state index in [1.54, 1.807) is 0 Å². The van der Waals surface area contributed by atoms with Crippen molar-refractivity contribution in [2.75, 3.05) is 6.61 Å². The number of unbranched alkanes of at least 4 members (excludes halogenated alkanes) is 5. The van der Waals surface area contributed by atoms with E-state index in [9.17, 15) is 15.3 Å². The molecule has 5 atom stereocenters. The Kier molecular flexibility index (Phi) is 9.78. The predicted molar refractivity (Wildman–Crippen MR) is 109 cm³/mol. The average molecular weight is 383 g/mol. The molecule has 4 N–H and O–H groups in total. The minimum Gasteiger partial charge on any atom is -0.396 e. The number of aliphatic hydroxyl groups is 4. The van der Waals surface area contributed by atoms with E-state index in [1.807, 2.05) is 0 Å². The van der Waals surface area contributed by atoms with Gasteiger partial charge in [-0.2, -0.15) is 0 Å². The van der Waals surface area contributed by atoms with E-state index in [4.69, 9.17) is 5.11 Å². The standard InChI is InChI=1S/C23H42O4/c1-2-3-14-23(27,18-12-13-18)15-9-11-20-19(21(25)17-22(20)26)10-7-5-4-6-8-16-24/h9,11,18-22,24-27H,2-8,10,12-17H2,1H3/t19-,20-,21+,22-,23?/m1/s1. The van der Waals surface area contributed by atoms with Crippen molar-refractivity contribution in [1.29, 1.82) is 0 Å². The first-order valence-corrected chi connectivity index (χ1v) is 11.4. The minimum atomic E-state index is -0.573. The van der Waals surface area contributed by atoms with Crippen molar-refractivity contribution in [2.45, 2.75) is 108 Å². The molecular formula is C23H42O4. The Morgan fingerprint density at radius 2 is 1.67 bits per heavy atom. The zero-order valence-corrected chi connectivity index (χ0v) is 17.2. The van der Waals surface area contributed by atoms with Gasteiger partial charge in [0, 0.05) is 18.9 Å². The van der Waals surface area contributed by atoms with Gasteiger partial charge < -0.3 is 20.4 Å². The molecule has 158 valence electrons. The molecule has 0 saturated heterocycles. The van der Waals surface area contributed by atoms with Gasteiger partial charge in [0.05, 0.1) is 17.8 Å². The normalized spacial score (nSPS) is 30.9. The zero-order valence-electron chi connectivity index (χ0n) is 17.2. The van der Waals surface area contributed by atoms with Crippen LogP contribution in [0, 0.1) is 17.8 Å². The number of aliphatic hydroxyl groups excluding tert-OH is 3. The topological polar surface area (TPSA) is 80.9 Å². The second-order valence-electron chi connectivity index (χ2n) is 9.01. The van der Waals surface area contributed by atoms with Gasteiger partial charge in [-0.3, -0.25) is 0 Å². The van der Waals surface area contributed by atoms with Gasteiger partial charge in [-0.1, -0.05) is 57.6 Å². The second-order valence-corrected chi connectivity index (χ2v) is 9.01. The lowest BCUT2D eigenvalue weighted by Gasteiger charge is -2.27. The van der Waals surface area contributed by atoms with E-state index in [2.05, 4.69) is 19.1 Å². The Morgan fingerprint density at radius 3 is 2.33 bits per heavy atom. The Balaban J connectivity index is 1.82. The SMILES string of the molecule is CCCCC(O)(CC=C[C@@H]1[C@@H](CCCCCCCO)[C@@H](O)C[C@H]1O)C1CC1. The molecule has 2 fully saturated rings. The van der Waals surface area contributed by atoms with Crippen molar-refractivity contribution < 1.29 is 20.4 Å². The van der Waals surface area contributed by atoms with Crippen LogP contribution in [0.15, 0.2) is 12.2 Å². The maximum absolute atomic E-state index is 11.0. The summed E-state index contributed by atoms with van der Waals surface area (Å²) in [5.41, 5.74) is -0.573. The van der Waals surface area contributed by atoms with Crippen molar-refractivity contribution in [3.05, 3.63) is 12.2 Å². The molecule has 0 aliphatic heterocycles. The summed E-state index contributed by atoms with van der Waals surface area (Å²) in [7, 11) is 0. The van der Waals surface area contributed by atoms with Crippen molar-refractivity contribution >= 4 is 0 Å². The molecule has 0 aromatic carbocycles. The highest BCUT2D eigenvalue weighted by Crippen LogP contribution is 2.45. The molecular weight excluding hydrogens is 340 g/mol. The van der Waals surface area contributed by atoms with Gasteiger partial charge in [-0.15, -0.1) is 0 Å². The lowest BCUT2D eigenvalue weighted by atomic mass is 9.85.